The van der Waals surface area contributed by atoms with E-state index in [9.17, 15) is 8.78 Å². The van der Waals surface area contributed by atoms with Gasteiger partial charge in [0.05, 0.1) is 11.9 Å². The fourth-order valence-corrected chi connectivity index (χ4v) is 5.06. The molecule has 0 aliphatic heterocycles. The van der Waals surface area contributed by atoms with Crippen LogP contribution in [0.25, 0.3) is 51.2 Å². The molecule has 3 aromatic carbocycles. The fourth-order valence-electron chi connectivity index (χ4n) is 5.06. The number of nitrogens with zero attached hydrogens (tertiary/aromatic N) is 9. The minimum Gasteiger partial charge on any atom is -0.435 e. The molecule has 0 bridgehead atoms. The summed E-state index contributed by atoms with van der Waals surface area (Å²) in [4.78, 5) is 23.1. The second kappa shape index (κ2) is 13.2. The summed E-state index contributed by atoms with van der Waals surface area (Å²) in [6.07, 6.45) is 1.78. The molecule has 0 unspecified atom stereocenters. The molecule has 0 N–H and O–H groups in total. The predicted octanol–water partition coefficient (Wildman–Crippen LogP) is 7.08. The second-order valence-electron chi connectivity index (χ2n) is 10.4. The van der Waals surface area contributed by atoms with E-state index >= 15 is 0 Å². The number of anilines is 2. The van der Waals surface area contributed by atoms with Crippen molar-refractivity contribution in [3.63, 3.8) is 0 Å². The Hall–Kier alpha value is -5.52. The number of halogens is 2. The van der Waals surface area contributed by atoms with Gasteiger partial charge in [0.2, 0.25) is 17.8 Å². The molecule has 234 valence electrons. The van der Waals surface area contributed by atoms with Gasteiger partial charge in [-0.2, -0.15) is 15.0 Å². The van der Waals surface area contributed by atoms with E-state index in [0.29, 0.717) is 57.5 Å². The van der Waals surface area contributed by atoms with Crippen LogP contribution in [-0.4, -0.2) is 61.1 Å². The topological polar surface area (TPSA) is 102 Å². The van der Waals surface area contributed by atoms with Gasteiger partial charge in [-0.3, -0.25) is 0 Å². The van der Waals surface area contributed by atoms with Crippen LogP contribution in [0.1, 0.15) is 27.7 Å². The first-order valence-corrected chi connectivity index (χ1v) is 15.2. The molecule has 0 amide bonds. The van der Waals surface area contributed by atoms with Gasteiger partial charge in [-0.25, -0.2) is 18.4 Å². The fraction of sp³-hybridized carbons (Fsp3) is 0.235. The molecule has 0 spiro atoms. The van der Waals surface area contributed by atoms with Gasteiger partial charge in [0.25, 0.3) is 0 Å². The van der Waals surface area contributed by atoms with E-state index in [2.05, 4.69) is 47.8 Å². The van der Waals surface area contributed by atoms with Crippen LogP contribution in [0.2, 0.25) is 0 Å². The molecule has 6 rings (SSSR count). The SMILES string of the molecule is CCN(CC)c1nc(-c2cn(-c3ccc(-c4nc(-c5ccc(F)cc5)c(-c5ccc(F)cc5)o4)cc3)nn2)nc(N(CC)CC)n1. The van der Waals surface area contributed by atoms with Crippen LogP contribution in [0, 0.1) is 11.6 Å². The van der Waals surface area contributed by atoms with Crippen LogP contribution >= 0.6 is 0 Å². The molecule has 0 saturated carbocycles. The van der Waals surface area contributed by atoms with E-state index in [0.717, 1.165) is 31.9 Å². The summed E-state index contributed by atoms with van der Waals surface area (Å²) in [7, 11) is 0. The van der Waals surface area contributed by atoms with E-state index in [1.165, 1.54) is 24.3 Å². The number of benzene rings is 3. The summed E-state index contributed by atoms with van der Waals surface area (Å²) in [5.74, 6) is 1.75. The summed E-state index contributed by atoms with van der Waals surface area (Å²) >= 11 is 0. The van der Waals surface area contributed by atoms with Gasteiger partial charge in [-0.15, -0.1) is 5.10 Å². The van der Waals surface area contributed by atoms with Crippen molar-refractivity contribution < 1.29 is 13.2 Å². The van der Waals surface area contributed by atoms with Crippen molar-refractivity contribution in [2.45, 2.75) is 27.7 Å². The van der Waals surface area contributed by atoms with Gasteiger partial charge < -0.3 is 14.2 Å². The van der Waals surface area contributed by atoms with Crippen LogP contribution in [0.4, 0.5) is 20.7 Å². The highest BCUT2D eigenvalue weighted by molar-refractivity contribution is 5.79. The Morgan fingerprint density at radius 1 is 0.630 bits per heavy atom. The highest BCUT2D eigenvalue weighted by Gasteiger charge is 2.20. The molecule has 46 heavy (non-hydrogen) atoms. The van der Waals surface area contributed by atoms with Crippen molar-refractivity contribution in [3.8, 4) is 51.2 Å². The summed E-state index contributed by atoms with van der Waals surface area (Å²) < 4.78 is 35.2. The minimum atomic E-state index is -0.358. The Kier molecular flexibility index (Phi) is 8.77. The van der Waals surface area contributed by atoms with Crippen molar-refractivity contribution in [2.75, 3.05) is 36.0 Å². The van der Waals surface area contributed by atoms with E-state index in [1.54, 1.807) is 35.1 Å². The first-order chi connectivity index (χ1) is 22.4. The lowest BCUT2D eigenvalue weighted by molar-refractivity contribution is 0.588. The Balaban J connectivity index is 1.32. The normalized spacial score (nSPS) is 11.2. The van der Waals surface area contributed by atoms with Crippen LogP contribution in [-0.2, 0) is 0 Å². The zero-order valence-electron chi connectivity index (χ0n) is 26.0. The number of rotatable bonds is 11. The summed E-state index contributed by atoms with van der Waals surface area (Å²) in [6, 6.07) is 19.5. The maximum Gasteiger partial charge on any atom is 0.230 e. The monoisotopic (exact) mass is 621 g/mol. The van der Waals surface area contributed by atoms with E-state index in [1.807, 2.05) is 24.3 Å². The lowest BCUT2D eigenvalue weighted by atomic mass is 10.1. The Bertz CT molecular complexity index is 1820. The first-order valence-electron chi connectivity index (χ1n) is 15.2. The highest BCUT2D eigenvalue weighted by atomic mass is 19.1. The minimum absolute atomic E-state index is 0.355. The summed E-state index contributed by atoms with van der Waals surface area (Å²) in [6.45, 7) is 11.3. The average molecular weight is 622 g/mol. The lowest BCUT2D eigenvalue weighted by Gasteiger charge is -2.23. The zero-order chi connectivity index (χ0) is 32.2. The Morgan fingerprint density at radius 3 is 1.70 bits per heavy atom. The molecule has 6 aromatic rings. The molecule has 12 heteroatoms. The molecule has 0 radical (unpaired) electrons. The number of oxazole rings is 1. The molecular weight excluding hydrogens is 588 g/mol. The van der Waals surface area contributed by atoms with Crippen molar-refractivity contribution >= 4 is 11.9 Å². The molecule has 3 aromatic heterocycles. The maximum atomic E-state index is 13.7. The van der Waals surface area contributed by atoms with Crippen molar-refractivity contribution in [1.29, 1.82) is 0 Å². The predicted molar refractivity (Wildman–Crippen MR) is 174 cm³/mol. The van der Waals surface area contributed by atoms with E-state index < -0.39 is 0 Å². The van der Waals surface area contributed by atoms with Crippen molar-refractivity contribution in [2.24, 2.45) is 0 Å². The third-order valence-electron chi connectivity index (χ3n) is 7.66. The Morgan fingerprint density at radius 2 is 1.15 bits per heavy atom. The molecular formula is C34H33F2N9O. The third kappa shape index (κ3) is 6.19. The van der Waals surface area contributed by atoms with Gasteiger partial charge in [-0.1, -0.05) is 5.21 Å². The lowest BCUT2D eigenvalue weighted by Crippen LogP contribution is -2.28. The molecule has 0 fully saturated rings. The highest BCUT2D eigenvalue weighted by Crippen LogP contribution is 2.36. The van der Waals surface area contributed by atoms with Gasteiger partial charge in [0.15, 0.2) is 17.3 Å². The summed E-state index contributed by atoms with van der Waals surface area (Å²) in [5.41, 5.74) is 3.84. The van der Waals surface area contributed by atoms with Crippen LogP contribution < -0.4 is 9.80 Å². The molecule has 0 saturated heterocycles. The van der Waals surface area contributed by atoms with Gasteiger partial charge >= 0.3 is 0 Å². The van der Waals surface area contributed by atoms with Gasteiger partial charge in [0, 0.05) is 42.9 Å². The Labute approximate surface area is 265 Å². The molecule has 0 atom stereocenters. The number of hydrogen-bond acceptors (Lipinski definition) is 9. The zero-order valence-corrected chi connectivity index (χ0v) is 26.0. The second-order valence-corrected chi connectivity index (χ2v) is 10.4. The van der Waals surface area contributed by atoms with Crippen LogP contribution in [0.3, 0.4) is 0 Å². The van der Waals surface area contributed by atoms with Crippen LogP contribution in [0.5, 0.6) is 0 Å². The van der Waals surface area contributed by atoms with Crippen molar-refractivity contribution in [3.05, 3.63) is 90.6 Å². The first kappa shape index (κ1) is 30.5. The third-order valence-corrected chi connectivity index (χ3v) is 7.66. The van der Waals surface area contributed by atoms with Gasteiger partial charge in [0.1, 0.15) is 17.3 Å². The van der Waals surface area contributed by atoms with Gasteiger partial charge in [-0.05, 0) is 100 Å². The molecule has 10 nitrogen and oxygen atoms in total. The maximum absolute atomic E-state index is 13.7. The van der Waals surface area contributed by atoms with E-state index in [4.69, 9.17) is 24.4 Å². The smallest absolute Gasteiger partial charge is 0.230 e. The standard InChI is InChI=1S/C34H33F2N9O/c1-5-43(6-2)33-38-31(39-34(40-33)44(7-3)8-4)28-21-45(42-41-28)27-19-13-24(14-20-27)32-37-29(22-9-15-25(35)16-10-22)30(46-32)23-11-17-26(36)18-12-23/h9-21H,5-8H2,1-4H3. The molecule has 0 aliphatic carbocycles. The molecule has 3 heterocycles. The van der Waals surface area contributed by atoms with E-state index in [-0.39, 0.29) is 11.6 Å². The van der Waals surface area contributed by atoms with Crippen LogP contribution in [0.15, 0.2) is 83.4 Å². The summed E-state index contributed by atoms with van der Waals surface area (Å²) in [5, 5.41) is 8.73. The quantitative estimate of drug-likeness (QED) is 0.150. The van der Waals surface area contributed by atoms with Crippen molar-refractivity contribution in [1.82, 2.24) is 34.9 Å². The average Bonchev–Trinajstić information content (AvgIpc) is 3.76. The number of hydrogen-bond donors (Lipinski definition) is 0. The number of aromatic nitrogens is 7. The largest absolute Gasteiger partial charge is 0.435 e. The molecule has 0 aliphatic rings.